The summed E-state index contributed by atoms with van der Waals surface area (Å²) < 4.78 is 7.02. The average Bonchev–Trinajstić information content (AvgIpc) is 2.84. The summed E-state index contributed by atoms with van der Waals surface area (Å²) in [5.74, 6) is 2.61. The summed E-state index contributed by atoms with van der Waals surface area (Å²) in [6, 6.07) is 9.81. The number of rotatable bonds is 3. The van der Waals surface area contributed by atoms with Crippen LogP contribution in [0.15, 0.2) is 52.3 Å². The molecule has 1 fully saturated rings. The van der Waals surface area contributed by atoms with E-state index in [-0.39, 0.29) is 11.7 Å². The molecule has 5 rings (SSSR count). The lowest BCUT2D eigenvalue weighted by molar-refractivity contribution is 0.296. The highest BCUT2D eigenvalue weighted by Crippen LogP contribution is 2.34. The minimum atomic E-state index is -0.216. The maximum atomic E-state index is 12.8. The Balaban J connectivity index is 1.36. The van der Waals surface area contributed by atoms with Gasteiger partial charge in [-0.3, -0.25) is 14.7 Å². The molecule has 0 amide bonds. The molecule has 1 N–H and O–H groups in total. The van der Waals surface area contributed by atoms with Gasteiger partial charge >= 0.3 is 0 Å². The summed E-state index contributed by atoms with van der Waals surface area (Å²) in [6.07, 6.45) is 7.22. The second kappa shape index (κ2) is 8.68. The molecule has 0 bridgehead atoms. The standard InChI is InChI=1S/C24H30N6O2/c1-17-16-21(31)30-22(18-6-4-3-5-7-18)26-23(27-24(30)25-17)29-14-12-28(13-15-29)19-8-10-20(32-2)11-9-19/h3-4,8-11,16,18,22H,5-7,12-15H2,1-2H3,(H,25,26,27)/t18-,22-/m1/s1. The van der Waals surface area contributed by atoms with E-state index >= 15 is 0 Å². The first-order valence-corrected chi connectivity index (χ1v) is 11.4. The third-order valence-corrected chi connectivity index (χ3v) is 6.57. The van der Waals surface area contributed by atoms with Gasteiger partial charge in [0, 0.05) is 49.5 Å². The molecule has 0 spiro atoms. The fourth-order valence-electron chi connectivity index (χ4n) is 4.80. The van der Waals surface area contributed by atoms with E-state index in [0.717, 1.165) is 62.8 Å². The SMILES string of the molecule is COc1ccc(N2CCN(C3=N[C@@H]([C@@H]4CC=CCC4)n4c(nc(C)cc4=O)N3)CC2)cc1. The number of ether oxygens (including phenoxy) is 1. The van der Waals surface area contributed by atoms with Gasteiger partial charge in [-0.15, -0.1) is 0 Å². The number of hydrogen-bond acceptors (Lipinski definition) is 7. The molecule has 0 unspecified atom stereocenters. The van der Waals surface area contributed by atoms with Crippen LogP contribution in [0.3, 0.4) is 0 Å². The van der Waals surface area contributed by atoms with Gasteiger partial charge in [-0.1, -0.05) is 12.2 Å². The molecule has 168 valence electrons. The third kappa shape index (κ3) is 3.97. The molecule has 1 aromatic heterocycles. The van der Waals surface area contributed by atoms with Crippen molar-refractivity contribution >= 4 is 17.6 Å². The zero-order valence-corrected chi connectivity index (χ0v) is 18.7. The molecule has 3 heterocycles. The van der Waals surface area contributed by atoms with Crippen LogP contribution in [0.4, 0.5) is 11.6 Å². The largest absolute Gasteiger partial charge is 0.497 e. The second-order valence-electron chi connectivity index (χ2n) is 8.64. The van der Waals surface area contributed by atoms with Gasteiger partial charge in [0.1, 0.15) is 11.9 Å². The molecule has 8 nitrogen and oxygen atoms in total. The minimum absolute atomic E-state index is 0.0355. The fraction of sp³-hybridized carbons (Fsp3) is 0.458. The monoisotopic (exact) mass is 434 g/mol. The van der Waals surface area contributed by atoms with E-state index in [0.29, 0.717) is 11.9 Å². The molecular weight excluding hydrogens is 404 g/mol. The number of aryl methyl sites for hydroxylation is 1. The van der Waals surface area contributed by atoms with E-state index in [1.165, 1.54) is 5.69 Å². The van der Waals surface area contributed by atoms with Crippen LogP contribution in [0.5, 0.6) is 5.75 Å². The highest BCUT2D eigenvalue weighted by molar-refractivity contribution is 5.93. The van der Waals surface area contributed by atoms with E-state index in [4.69, 9.17) is 9.73 Å². The van der Waals surface area contributed by atoms with Gasteiger partial charge in [-0.2, -0.15) is 0 Å². The molecule has 8 heteroatoms. The first kappa shape index (κ1) is 20.6. The number of anilines is 2. The third-order valence-electron chi connectivity index (χ3n) is 6.57. The van der Waals surface area contributed by atoms with Crippen molar-refractivity contribution in [1.82, 2.24) is 14.5 Å². The van der Waals surface area contributed by atoms with Crippen molar-refractivity contribution in [2.24, 2.45) is 10.9 Å². The molecule has 1 aliphatic carbocycles. The number of guanidine groups is 1. The van der Waals surface area contributed by atoms with Crippen LogP contribution in [0.2, 0.25) is 0 Å². The molecule has 0 saturated carbocycles. The van der Waals surface area contributed by atoms with Crippen molar-refractivity contribution in [2.45, 2.75) is 32.4 Å². The highest BCUT2D eigenvalue weighted by atomic mass is 16.5. The molecule has 1 saturated heterocycles. The van der Waals surface area contributed by atoms with Crippen LogP contribution >= 0.6 is 0 Å². The van der Waals surface area contributed by atoms with Crippen molar-refractivity contribution < 1.29 is 4.74 Å². The first-order valence-electron chi connectivity index (χ1n) is 11.4. The Bertz CT molecular complexity index is 1080. The number of hydrogen-bond donors (Lipinski definition) is 1. The van der Waals surface area contributed by atoms with Gasteiger partial charge in [0.05, 0.1) is 7.11 Å². The first-order chi connectivity index (χ1) is 15.6. The lowest BCUT2D eigenvalue weighted by Gasteiger charge is -2.40. The molecular formula is C24H30N6O2. The molecule has 1 aromatic carbocycles. The van der Waals surface area contributed by atoms with Crippen LogP contribution in [-0.2, 0) is 0 Å². The predicted octanol–water partition coefficient (Wildman–Crippen LogP) is 3.02. The van der Waals surface area contributed by atoms with Gasteiger partial charge in [-0.25, -0.2) is 9.98 Å². The summed E-state index contributed by atoms with van der Waals surface area (Å²) in [5, 5.41) is 3.36. The van der Waals surface area contributed by atoms with Crippen LogP contribution in [0.1, 0.15) is 31.1 Å². The topological polar surface area (TPSA) is 75.0 Å². The zero-order valence-electron chi connectivity index (χ0n) is 18.7. The smallest absolute Gasteiger partial charge is 0.256 e. The average molecular weight is 435 g/mol. The number of fused-ring (bicyclic) bond motifs is 1. The summed E-state index contributed by atoms with van der Waals surface area (Å²) in [7, 11) is 1.69. The zero-order chi connectivity index (χ0) is 22.1. The summed E-state index contributed by atoms with van der Waals surface area (Å²) >= 11 is 0. The maximum Gasteiger partial charge on any atom is 0.256 e. The van der Waals surface area contributed by atoms with Gasteiger partial charge in [0.15, 0.2) is 0 Å². The molecule has 3 aliphatic rings. The van der Waals surface area contributed by atoms with E-state index < -0.39 is 0 Å². The number of aromatic nitrogens is 2. The Labute approximate surface area is 188 Å². The predicted molar refractivity (Wildman–Crippen MR) is 127 cm³/mol. The molecule has 2 atom stereocenters. The number of aliphatic imine (C=N–C) groups is 1. The lowest BCUT2D eigenvalue weighted by atomic mass is 9.91. The Morgan fingerprint density at radius 3 is 2.50 bits per heavy atom. The number of allylic oxidation sites excluding steroid dienone is 2. The molecule has 0 radical (unpaired) electrons. The highest BCUT2D eigenvalue weighted by Gasteiger charge is 2.32. The van der Waals surface area contributed by atoms with Crippen LogP contribution in [0.25, 0.3) is 0 Å². The van der Waals surface area contributed by atoms with E-state index in [2.05, 4.69) is 44.4 Å². The second-order valence-corrected chi connectivity index (χ2v) is 8.64. The lowest BCUT2D eigenvalue weighted by Crippen LogP contribution is -2.52. The number of benzene rings is 1. The normalized spacial score (nSPS) is 22.8. The Hall–Kier alpha value is -3.29. The summed E-state index contributed by atoms with van der Waals surface area (Å²) in [5.41, 5.74) is 1.89. The number of nitrogens with zero attached hydrogens (tertiary/aromatic N) is 5. The molecule has 2 aliphatic heterocycles. The molecule has 32 heavy (non-hydrogen) atoms. The van der Waals surface area contributed by atoms with Gasteiger partial charge in [-0.05, 0) is 50.5 Å². The number of piperazine rings is 1. The fourth-order valence-corrected chi connectivity index (χ4v) is 4.80. The van der Waals surface area contributed by atoms with Crippen LogP contribution in [0, 0.1) is 12.8 Å². The van der Waals surface area contributed by atoms with E-state index in [9.17, 15) is 4.79 Å². The number of nitrogens with one attached hydrogen (secondary N) is 1. The Morgan fingerprint density at radius 2 is 1.81 bits per heavy atom. The van der Waals surface area contributed by atoms with Gasteiger partial charge in [0.25, 0.3) is 5.56 Å². The van der Waals surface area contributed by atoms with Crippen molar-refractivity contribution in [3.8, 4) is 5.75 Å². The minimum Gasteiger partial charge on any atom is -0.497 e. The van der Waals surface area contributed by atoms with Crippen molar-refractivity contribution in [1.29, 1.82) is 0 Å². The van der Waals surface area contributed by atoms with Crippen molar-refractivity contribution in [3.63, 3.8) is 0 Å². The van der Waals surface area contributed by atoms with Crippen molar-refractivity contribution in [3.05, 3.63) is 58.5 Å². The maximum absolute atomic E-state index is 12.8. The summed E-state index contributed by atoms with van der Waals surface area (Å²) in [4.78, 5) is 27.2. The molecule has 2 aromatic rings. The summed E-state index contributed by atoms with van der Waals surface area (Å²) in [6.45, 7) is 5.37. The Kier molecular flexibility index (Phi) is 5.59. The van der Waals surface area contributed by atoms with E-state index in [1.54, 1.807) is 17.7 Å². The number of methoxy groups -OCH3 is 1. The van der Waals surface area contributed by atoms with E-state index in [1.807, 2.05) is 19.1 Å². The van der Waals surface area contributed by atoms with Crippen molar-refractivity contribution in [2.75, 3.05) is 43.5 Å². The van der Waals surface area contributed by atoms with Crippen LogP contribution in [-0.4, -0.2) is 53.7 Å². The van der Waals surface area contributed by atoms with Crippen LogP contribution < -0.4 is 20.5 Å². The van der Waals surface area contributed by atoms with Gasteiger partial charge < -0.3 is 14.5 Å². The Morgan fingerprint density at radius 1 is 1.06 bits per heavy atom. The van der Waals surface area contributed by atoms with Gasteiger partial charge in [0.2, 0.25) is 11.9 Å². The quantitative estimate of drug-likeness (QED) is 0.749.